The maximum absolute atomic E-state index is 13.2. The van der Waals surface area contributed by atoms with Crippen molar-refractivity contribution in [1.29, 1.82) is 0 Å². The molecule has 3 aromatic heterocycles. The molecule has 0 aliphatic carbocycles. The first-order valence-electron chi connectivity index (χ1n) is 12.6. The van der Waals surface area contributed by atoms with Crippen molar-refractivity contribution in [2.45, 2.75) is 31.7 Å². The quantitative estimate of drug-likeness (QED) is 0.370. The van der Waals surface area contributed by atoms with Crippen molar-refractivity contribution in [3.8, 4) is 0 Å². The van der Waals surface area contributed by atoms with E-state index in [1.165, 1.54) is 0 Å². The second-order valence-corrected chi connectivity index (χ2v) is 9.60. The number of likely N-dealkylation sites (tertiary alicyclic amines) is 1. The number of rotatable bonds is 4. The highest BCUT2D eigenvalue weighted by molar-refractivity contribution is 6.06. The molecule has 1 aliphatic heterocycles. The Balaban J connectivity index is 1.09. The zero-order chi connectivity index (χ0) is 24.1. The molecule has 1 amide bonds. The predicted octanol–water partition coefficient (Wildman–Crippen LogP) is 5.41. The number of imidazole rings is 1. The summed E-state index contributed by atoms with van der Waals surface area (Å²) >= 11 is 0. The summed E-state index contributed by atoms with van der Waals surface area (Å²) in [5, 5.41) is 1.07. The van der Waals surface area contributed by atoms with Crippen LogP contribution in [-0.4, -0.2) is 48.4 Å². The molecule has 178 valence electrons. The van der Waals surface area contributed by atoms with Gasteiger partial charge in [-0.1, -0.05) is 42.5 Å². The summed E-state index contributed by atoms with van der Waals surface area (Å²) in [6.45, 7) is 2.11. The Morgan fingerprint density at radius 3 is 2.33 bits per heavy atom. The first-order chi connectivity index (χ1) is 17.7. The molecule has 0 unspecified atom stereocenters. The highest BCUT2D eigenvalue weighted by Gasteiger charge is 2.26. The molecule has 1 aliphatic rings. The van der Waals surface area contributed by atoms with Gasteiger partial charge < -0.3 is 14.5 Å². The Hall–Kier alpha value is -4.26. The molecule has 0 radical (unpaired) electrons. The number of para-hydroxylation sites is 5. The molecule has 6 aromatic rings. The summed E-state index contributed by atoms with van der Waals surface area (Å²) in [5.41, 5.74) is 6.64. The predicted molar refractivity (Wildman–Crippen MR) is 142 cm³/mol. The SMILES string of the molecule is O=C(CCn1c2ccccc2c2nc3ccccc3nc21)N1CCC(c2nc3ccccc3[nH]2)CC1. The van der Waals surface area contributed by atoms with E-state index in [1.807, 2.05) is 59.5 Å². The fraction of sp³-hybridized carbons (Fsp3) is 0.241. The van der Waals surface area contributed by atoms with Crippen molar-refractivity contribution in [3.05, 3.63) is 78.6 Å². The van der Waals surface area contributed by atoms with Crippen LogP contribution >= 0.6 is 0 Å². The Morgan fingerprint density at radius 1 is 0.833 bits per heavy atom. The summed E-state index contributed by atoms with van der Waals surface area (Å²) in [6.07, 6.45) is 2.30. The normalized spacial score (nSPS) is 14.9. The summed E-state index contributed by atoms with van der Waals surface area (Å²) in [4.78, 5) is 33.3. The number of carbonyl (C=O) groups excluding carboxylic acids is 1. The number of nitrogens with one attached hydrogen (secondary N) is 1. The summed E-state index contributed by atoms with van der Waals surface area (Å²) < 4.78 is 2.16. The Kier molecular flexibility index (Phi) is 4.94. The second-order valence-electron chi connectivity index (χ2n) is 9.60. The van der Waals surface area contributed by atoms with Crippen LogP contribution in [0.3, 0.4) is 0 Å². The van der Waals surface area contributed by atoms with Crippen LogP contribution in [0.1, 0.15) is 31.0 Å². The maximum atomic E-state index is 13.2. The number of benzene rings is 3. The molecule has 1 saturated heterocycles. The molecule has 0 atom stereocenters. The zero-order valence-corrected chi connectivity index (χ0v) is 19.9. The van der Waals surface area contributed by atoms with Gasteiger partial charge >= 0.3 is 0 Å². The number of amides is 1. The molecular formula is C29H26N6O. The first-order valence-corrected chi connectivity index (χ1v) is 12.6. The number of hydrogen-bond acceptors (Lipinski definition) is 4. The van der Waals surface area contributed by atoms with E-state index in [0.717, 1.165) is 75.9 Å². The van der Waals surface area contributed by atoms with Gasteiger partial charge in [-0.15, -0.1) is 0 Å². The van der Waals surface area contributed by atoms with Crippen molar-refractivity contribution in [2.24, 2.45) is 0 Å². The van der Waals surface area contributed by atoms with Crippen LogP contribution in [-0.2, 0) is 11.3 Å². The lowest BCUT2D eigenvalue weighted by Gasteiger charge is -2.31. The summed E-state index contributed by atoms with van der Waals surface area (Å²) in [5.74, 6) is 1.60. The van der Waals surface area contributed by atoms with E-state index in [9.17, 15) is 4.79 Å². The zero-order valence-electron chi connectivity index (χ0n) is 19.9. The maximum Gasteiger partial charge on any atom is 0.224 e. The Morgan fingerprint density at radius 2 is 1.53 bits per heavy atom. The number of aromatic amines is 1. The van der Waals surface area contributed by atoms with Gasteiger partial charge in [-0.3, -0.25) is 4.79 Å². The number of piperidine rings is 1. The molecule has 36 heavy (non-hydrogen) atoms. The van der Waals surface area contributed by atoms with E-state index in [0.29, 0.717) is 18.9 Å². The van der Waals surface area contributed by atoms with E-state index in [-0.39, 0.29) is 5.91 Å². The van der Waals surface area contributed by atoms with Gasteiger partial charge in [-0.25, -0.2) is 15.0 Å². The summed E-state index contributed by atoms with van der Waals surface area (Å²) in [7, 11) is 0. The van der Waals surface area contributed by atoms with Crippen LogP contribution in [0.5, 0.6) is 0 Å². The number of aromatic nitrogens is 5. The molecule has 0 spiro atoms. The van der Waals surface area contributed by atoms with E-state index in [2.05, 4.69) is 27.8 Å². The molecule has 7 nitrogen and oxygen atoms in total. The van der Waals surface area contributed by atoms with Crippen LogP contribution in [0.15, 0.2) is 72.8 Å². The van der Waals surface area contributed by atoms with Gasteiger partial charge in [-0.2, -0.15) is 0 Å². The minimum Gasteiger partial charge on any atom is -0.343 e. The topological polar surface area (TPSA) is 79.7 Å². The number of carbonyl (C=O) groups is 1. The number of aryl methyl sites for hydroxylation is 1. The molecular weight excluding hydrogens is 448 g/mol. The lowest BCUT2D eigenvalue weighted by molar-refractivity contribution is -0.132. The van der Waals surface area contributed by atoms with Crippen LogP contribution in [0.2, 0.25) is 0 Å². The van der Waals surface area contributed by atoms with Crippen molar-refractivity contribution >= 4 is 50.0 Å². The molecule has 3 aromatic carbocycles. The lowest BCUT2D eigenvalue weighted by Crippen LogP contribution is -2.38. The summed E-state index contributed by atoms with van der Waals surface area (Å²) in [6, 6.07) is 24.3. The largest absolute Gasteiger partial charge is 0.343 e. The van der Waals surface area contributed by atoms with Crippen molar-refractivity contribution in [1.82, 2.24) is 29.4 Å². The number of hydrogen-bond donors (Lipinski definition) is 1. The average molecular weight is 475 g/mol. The second kappa shape index (κ2) is 8.45. The van der Waals surface area contributed by atoms with Gasteiger partial charge in [0.05, 0.1) is 27.6 Å². The Labute approximate surface area is 207 Å². The Bertz CT molecular complexity index is 1710. The van der Waals surface area contributed by atoms with Crippen LogP contribution < -0.4 is 0 Å². The number of fused-ring (bicyclic) bond motifs is 5. The van der Waals surface area contributed by atoms with Crippen LogP contribution in [0.4, 0.5) is 0 Å². The monoisotopic (exact) mass is 474 g/mol. The first kappa shape index (κ1) is 21.1. The molecule has 1 fully saturated rings. The number of H-pyrrole nitrogens is 1. The average Bonchev–Trinajstić information content (AvgIpc) is 3.50. The minimum atomic E-state index is 0.192. The molecule has 0 saturated carbocycles. The molecule has 7 heteroatoms. The minimum absolute atomic E-state index is 0.192. The third-order valence-corrected chi connectivity index (χ3v) is 7.45. The molecule has 7 rings (SSSR count). The third kappa shape index (κ3) is 3.50. The highest BCUT2D eigenvalue weighted by Crippen LogP contribution is 2.30. The van der Waals surface area contributed by atoms with Crippen LogP contribution in [0.25, 0.3) is 44.1 Å². The lowest BCUT2D eigenvalue weighted by atomic mass is 9.96. The third-order valence-electron chi connectivity index (χ3n) is 7.45. The van der Waals surface area contributed by atoms with Gasteiger partial charge in [0, 0.05) is 37.4 Å². The smallest absolute Gasteiger partial charge is 0.224 e. The number of nitrogens with zero attached hydrogens (tertiary/aromatic N) is 5. The van der Waals surface area contributed by atoms with Crippen molar-refractivity contribution < 1.29 is 4.79 Å². The molecule has 4 heterocycles. The van der Waals surface area contributed by atoms with Crippen LogP contribution in [0, 0.1) is 0 Å². The van der Waals surface area contributed by atoms with E-state index >= 15 is 0 Å². The van der Waals surface area contributed by atoms with Crippen molar-refractivity contribution in [3.63, 3.8) is 0 Å². The highest BCUT2D eigenvalue weighted by atomic mass is 16.2. The van der Waals surface area contributed by atoms with Gasteiger partial charge in [0.1, 0.15) is 11.3 Å². The molecule has 1 N–H and O–H groups in total. The standard InChI is InChI=1S/C29H26N6O/c36-26(34-16-13-19(14-17-34)28-31-22-9-3-4-10-23(22)32-28)15-18-35-25-12-6-1-7-20(25)27-29(35)33-24-11-5-2-8-21(24)30-27/h1-12,19H,13-18H2,(H,31,32). The fourth-order valence-electron chi connectivity index (χ4n) is 5.54. The fourth-order valence-corrected chi connectivity index (χ4v) is 5.54. The van der Waals surface area contributed by atoms with E-state index in [4.69, 9.17) is 15.0 Å². The molecule has 0 bridgehead atoms. The van der Waals surface area contributed by atoms with Gasteiger partial charge in [-0.05, 0) is 43.2 Å². The van der Waals surface area contributed by atoms with Gasteiger partial charge in [0.15, 0.2) is 5.65 Å². The van der Waals surface area contributed by atoms with E-state index in [1.54, 1.807) is 0 Å². The van der Waals surface area contributed by atoms with Gasteiger partial charge in [0.2, 0.25) is 5.91 Å². The van der Waals surface area contributed by atoms with Gasteiger partial charge in [0.25, 0.3) is 0 Å². The van der Waals surface area contributed by atoms with Crippen molar-refractivity contribution in [2.75, 3.05) is 13.1 Å². The van der Waals surface area contributed by atoms with E-state index < -0.39 is 0 Å².